The number of fused-ring (bicyclic) bond motifs is 1. The maximum Gasteiger partial charge on any atom is 0.231 e. The predicted octanol–water partition coefficient (Wildman–Crippen LogP) is 1.63. The second-order valence-corrected chi connectivity index (χ2v) is 5.49. The minimum absolute atomic E-state index is 0.336. The highest BCUT2D eigenvalue weighted by molar-refractivity contribution is 9.10. The Bertz CT molecular complexity index is 433. The highest BCUT2D eigenvalue weighted by Gasteiger charge is 2.17. The van der Waals surface area contributed by atoms with Crippen LogP contribution >= 0.6 is 15.9 Å². The first-order valence-corrected chi connectivity index (χ1v) is 7.13. The SMILES string of the molecule is Brc1cc2c(cc1CCN1CCNCC1)OCO2. The lowest BCUT2D eigenvalue weighted by molar-refractivity contribution is 0.174. The maximum absolute atomic E-state index is 5.42. The molecule has 0 aromatic heterocycles. The van der Waals surface area contributed by atoms with Crippen LogP contribution in [0.15, 0.2) is 16.6 Å². The van der Waals surface area contributed by atoms with Crippen LogP contribution in [0.1, 0.15) is 5.56 Å². The molecule has 1 saturated heterocycles. The normalized spacial score (nSPS) is 19.2. The Hall–Kier alpha value is -0.780. The van der Waals surface area contributed by atoms with Crippen molar-refractivity contribution >= 4 is 15.9 Å². The van der Waals surface area contributed by atoms with E-state index in [4.69, 9.17) is 9.47 Å². The number of rotatable bonds is 3. The van der Waals surface area contributed by atoms with Gasteiger partial charge in [0.05, 0.1) is 0 Å². The van der Waals surface area contributed by atoms with Crippen molar-refractivity contribution in [2.24, 2.45) is 0 Å². The third kappa shape index (κ3) is 2.63. The first kappa shape index (κ1) is 12.3. The van der Waals surface area contributed by atoms with Crippen LogP contribution in [0.2, 0.25) is 0 Å². The standard InChI is InChI=1S/C13H17BrN2O2/c14-11-8-13-12(17-9-18-13)7-10(11)1-4-16-5-2-15-3-6-16/h7-8,15H,1-6,9H2. The Morgan fingerprint density at radius 2 is 1.89 bits per heavy atom. The van der Waals surface area contributed by atoms with Gasteiger partial charge in [0.1, 0.15) is 0 Å². The summed E-state index contributed by atoms with van der Waals surface area (Å²) in [6.45, 7) is 5.91. The van der Waals surface area contributed by atoms with Gasteiger partial charge < -0.3 is 19.7 Å². The molecule has 0 radical (unpaired) electrons. The molecule has 1 aromatic rings. The van der Waals surface area contributed by atoms with E-state index < -0.39 is 0 Å². The van der Waals surface area contributed by atoms with E-state index in [1.54, 1.807) is 0 Å². The summed E-state index contributed by atoms with van der Waals surface area (Å²) in [6.07, 6.45) is 1.04. The first-order chi connectivity index (χ1) is 8.83. The number of halogens is 1. The average molecular weight is 313 g/mol. The van der Waals surface area contributed by atoms with Crippen LogP contribution < -0.4 is 14.8 Å². The maximum atomic E-state index is 5.42. The topological polar surface area (TPSA) is 33.7 Å². The van der Waals surface area contributed by atoms with Crippen LogP contribution in [0.4, 0.5) is 0 Å². The minimum Gasteiger partial charge on any atom is -0.454 e. The summed E-state index contributed by atoms with van der Waals surface area (Å²) in [7, 11) is 0. The van der Waals surface area contributed by atoms with E-state index >= 15 is 0 Å². The number of benzene rings is 1. The van der Waals surface area contributed by atoms with E-state index in [2.05, 4.69) is 32.2 Å². The van der Waals surface area contributed by atoms with Crippen molar-refractivity contribution in [3.8, 4) is 11.5 Å². The number of piperazine rings is 1. The van der Waals surface area contributed by atoms with Gasteiger partial charge in [0.25, 0.3) is 0 Å². The van der Waals surface area contributed by atoms with Gasteiger partial charge in [-0.05, 0) is 24.1 Å². The molecular formula is C13H17BrN2O2. The third-order valence-corrected chi connectivity index (χ3v) is 4.19. The van der Waals surface area contributed by atoms with E-state index in [1.807, 2.05) is 6.07 Å². The van der Waals surface area contributed by atoms with Gasteiger partial charge in [-0.2, -0.15) is 0 Å². The van der Waals surface area contributed by atoms with Gasteiger partial charge in [0.2, 0.25) is 6.79 Å². The van der Waals surface area contributed by atoms with E-state index in [0.29, 0.717) is 6.79 Å². The number of nitrogens with zero attached hydrogens (tertiary/aromatic N) is 1. The molecule has 0 bridgehead atoms. The molecule has 1 N–H and O–H groups in total. The van der Waals surface area contributed by atoms with E-state index in [1.165, 1.54) is 5.56 Å². The first-order valence-electron chi connectivity index (χ1n) is 6.34. The van der Waals surface area contributed by atoms with Crippen LogP contribution in [-0.4, -0.2) is 44.4 Å². The molecule has 0 atom stereocenters. The van der Waals surface area contributed by atoms with Gasteiger partial charge in [-0.15, -0.1) is 0 Å². The van der Waals surface area contributed by atoms with Gasteiger partial charge in [0, 0.05) is 37.2 Å². The fraction of sp³-hybridized carbons (Fsp3) is 0.538. The molecule has 0 aliphatic carbocycles. The van der Waals surface area contributed by atoms with Crippen molar-refractivity contribution in [2.75, 3.05) is 39.5 Å². The van der Waals surface area contributed by atoms with Crippen molar-refractivity contribution in [3.63, 3.8) is 0 Å². The molecule has 1 fully saturated rings. The molecule has 1 aromatic carbocycles. The molecule has 2 aliphatic rings. The molecule has 2 heterocycles. The van der Waals surface area contributed by atoms with Gasteiger partial charge in [-0.3, -0.25) is 0 Å². The smallest absolute Gasteiger partial charge is 0.231 e. The van der Waals surface area contributed by atoms with Gasteiger partial charge in [0.15, 0.2) is 11.5 Å². The molecule has 0 saturated carbocycles. The molecule has 3 rings (SSSR count). The second-order valence-electron chi connectivity index (χ2n) is 4.64. The van der Waals surface area contributed by atoms with Crippen molar-refractivity contribution in [2.45, 2.75) is 6.42 Å². The second kappa shape index (κ2) is 5.47. The summed E-state index contributed by atoms with van der Waals surface area (Å²) < 4.78 is 11.9. The zero-order chi connectivity index (χ0) is 12.4. The van der Waals surface area contributed by atoms with Crippen molar-refractivity contribution in [1.82, 2.24) is 10.2 Å². The zero-order valence-electron chi connectivity index (χ0n) is 10.2. The van der Waals surface area contributed by atoms with Gasteiger partial charge in [-0.1, -0.05) is 15.9 Å². The van der Waals surface area contributed by atoms with Crippen LogP contribution in [0.3, 0.4) is 0 Å². The van der Waals surface area contributed by atoms with Gasteiger partial charge >= 0.3 is 0 Å². The molecule has 2 aliphatic heterocycles. The Balaban J connectivity index is 1.65. The van der Waals surface area contributed by atoms with Crippen LogP contribution in [0.5, 0.6) is 11.5 Å². The lowest BCUT2D eigenvalue weighted by atomic mass is 10.1. The summed E-state index contributed by atoms with van der Waals surface area (Å²) in [5.74, 6) is 1.71. The Kier molecular flexibility index (Phi) is 3.72. The Morgan fingerprint density at radius 1 is 1.17 bits per heavy atom. The fourth-order valence-corrected chi connectivity index (χ4v) is 2.88. The summed E-state index contributed by atoms with van der Waals surface area (Å²) in [5, 5.41) is 3.37. The summed E-state index contributed by atoms with van der Waals surface area (Å²) in [5.41, 5.74) is 1.29. The van der Waals surface area contributed by atoms with E-state index in [9.17, 15) is 0 Å². The largest absolute Gasteiger partial charge is 0.454 e. The van der Waals surface area contributed by atoms with E-state index in [0.717, 1.165) is 55.1 Å². The number of ether oxygens (including phenoxy) is 2. The average Bonchev–Trinajstić information content (AvgIpc) is 2.84. The van der Waals surface area contributed by atoms with Crippen molar-refractivity contribution in [1.29, 1.82) is 0 Å². The highest BCUT2D eigenvalue weighted by Crippen LogP contribution is 2.37. The number of hydrogen-bond acceptors (Lipinski definition) is 4. The molecule has 18 heavy (non-hydrogen) atoms. The van der Waals surface area contributed by atoms with Crippen LogP contribution in [0, 0.1) is 0 Å². The Morgan fingerprint density at radius 3 is 2.67 bits per heavy atom. The molecular weight excluding hydrogens is 296 g/mol. The molecule has 98 valence electrons. The highest BCUT2D eigenvalue weighted by atomic mass is 79.9. The van der Waals surface area contributed by atoms with Crippen molar-refractivity contribution in [3.05, 3.63) is 22.2 Å². The van der Waals surface area contributed by atoms with Crippen LogP contribution in [-0.2, 0) is 6.42 Å². The van der Waals surface area contributed by atoms with Crippen LogP contribution in [0.25, 0.3) is 0 Å². The fourth-order valence-electron chi connectivity index (χ4n) is 2.36. The molecule has 0 amide bonds. The molecule has 0 spiro atoms. The number of hydrogen-bond donors (Lipinski definition) is 1. The molecule has 5 heteroatoms. The predicted molar refractivity (Wildman–Crippen MR) is 73.3 cm³/mol. The van der Waals surface area contributed by atoms with Crippen molar-refractivity contribution < 1.29 is 9.47 Å². The zero-order valence-corrected chi connectivity index (χ0v) is 11.8. The summed E-state index contributed by atoms with van der Waals surface area (Å²) >= 11 is 3.61. The third-order valence-electron chi connectivity index (χ3n) is 3.45. The number of nitrogens with one attached hydrogen (secondary N) is 1. The Labute approximate surface area is 115 Å². The van der Waals surface area contributed by atoms with Gasteiger partial charge in [-0.25, -0.2) is 0 Å². The lowest BCUT2D eigenvalue weighted by Crippen LogP contribution is -2.44. The quantitative estimate of drug-likeness (QED) is 0.920. The summed E-state index contributed by atoms with van der Waals surface area (Å²) in [6, 6.07) is 4.10. The minimum atomic E-state index is 0.336. The molecule has 4 nitrogen and oxygen atoms in total. The monoisotopic (exact) mass is 312 g/mol. The van der Waals surface area contributed by atoms with E-state index in [-0.39, 0.29) is 0 Å². The lowest BCUT2D eigenvalue weighted by Gasteiger charge is -2.27. The summed E-state index contributed by atoms with van der Waals surface area (Å²) in [4.78, 5) is 2.49. The molecule has 0 unspecified atom stereocenters.